The molecular weight excluding hydrogens is 314 g/mol. The van der Waals surface area contributed by atoms with Gasteiger partial charge >= 0.3 is 0 Å². The predicted octanol–water partition coefficient (Wildman–Crippen LogP) is 3.10. The van der Waals surface area contributed by atoms with Crippen LogP contribution < -0.4 is 4.72 Å². The van der Waals surface area contributed by atoms with Gasteiger partial charge in [-0.25, -0.2) is 17.5 Å². The standard InChI is InChI=1S/C11H11Cl2FN2O2S/c1-2-7(5-6-15)16-19(17,18)9-4-3-8(12)11(14)10(9)13/h3-4,7,16H,2,5H2,1H3. The lowest BCUT2D eigenvalue weighted by Crippen LogP contribution is -2.34. The van der Waals surface area contributed by atoms with Crippen LogP contribution in [-0.2, 0) is 10.0 Å². The maximum Gasteiger partial charge on any atom is 0.242 e. The molecule has 1 rings (SSSR count). The fourth-order valence-corrected chi connectivity index (χ4v) is 3.44. The van der Waals surface area contributed by atoms with E-state index in [1.807, 2.05) is 6.07 Å². The van der Waals surface area contributed by atoms with E-state index in [0.717, 1.165) is 12.1 Å². The van der Waals surface area contributed by atoms with Crippen molar-refractivity contribution in [3.05, 3.63) is 28.0 Å². The summed E-state index contributed by atoms with van der Waals surface area (Å²) in [4.78, 5) is -0.396. The minimum absolute atomic E-state index is 0.0173. The van der Waals surface area contributed by atoms with Crippen LogP contribution in [0.3, 0.4) is 0 Å². The van der Waals surface area contributed by atoms with Crippen LogP contribution in [0.4, 0.5) is 4.39 Å². The van der Waals surface area contributed by atoms with Gasteiger partial charge in [0.2, 0.25) is 10.0 Å². The molecule has 0 aliphatic carbocycles. The minimum Gasteiger partial charge on any atom is -0.207 e. The molecule has 0 spiro atoms. The van der Waals surface area contributed by atoms with Crippen LogP contribution in [0.5, 0.6) is 0 Å². The maximum absolute atomic E-state index is 13.5. The van der Waals surface area contributed by atoms with E-state index in [1.165, 1.54) is 0 Å². The Labute approximate surface area is 121 Å². The van der Waals surface area contributed by atoms with Gasteiger partial charge in [0.05, 0.1) is 22.5 Å². The summed E-state index contributed by atoms with van der Waals surface area (Å²) in [6, 6.07) is 3.56. The first-order chi connectivity index (χ1) is 8.83. The molecule has 0 fully saturated rings. The third kappa shape index (κ3) is 3.80. The zero-order chi connectivity index (χ0) is 14.6. The third-order valence-electron chi connectivity index (χ3n) is 2.44. The minimum atomic E-state index is -4.00. The molecular formula is C11H11Cl2FN2O2S. The summed E-state index contributed by atoms with van der Waals surface area (Å²) in [5.41, 5.74) is 0. The van der Waals surface area contributed by atoms with Crippen LogP contribution in [0.25, 0.3) is 0 Å². The van der Waals surface area contributed by atoms with Gasteiger partial charge in [-0.15, -0.1) is 0 Å². The van der Waals surface area contributed by atoms with Crippen LogP contribution >= 0.6 is 23.2 Å². The van der Waals surface area contributed by atoms with Crippen molar-refractivity contribution in [2.75, 3.05) is 0 Å². The molecule has 0 bridgehead atoms. The second-order valence-corrected chi connectivity index (χ2v) is 6.23. The summed E-state index contributed by atoms with van der Waals surface area (Å²) in [7, 11) is -4.00. The lowest BCUT2D eigenvalue weighted by molar-refractivity contribution is 0.541. The molecule has 1 aromatic carbocycles. The van der Waals surface area contributed by atoms with Gasteiger partial charge in [-0.05, 0) is 18.6 Å². The molecule has 4 nitrogen and oxygen atoms in total. The average molecular weight is 325 g/mol. The Balaban J connectivity index is 3.15. The fraction of sp³-hybridized carbons (Fsp3) is 0.364. The molecule has 0 aliphatic rings. The van der Waals surface area contributed by atoms with Crippen molar-refractivity contribution in [1.82, 2.24) is 4.72 Å². The van der Waals surface area contributed by atoms with E-state index in [9.17, 15) is 12.8 Å². The van der Waals surface area contributed by atoms with E-state index < -0.39 is 31.8 Å². The highest BCUT2D eigenvalue weighted by Crippen LogP contribution is 2.29. The van der Waals surface area contributed by atoms with Gasteiger partial charge in [-0.1, -0.05) is 30.1 Å². The lowest BCUT2D eigenvalue weighted by Gasteiger charge is -2.15. The smallest absolute Gasteiger partial charge is 0.207 e. The van der Waals surface area contributed by atoms with Gasteiger partial charge in [0.25, 0.3) is 0 Å². The monoisotopic (exact) mass is 324 g/mol. The molecule has 1 unspecified atom stereocenters. The SMILES string of the molecule is CCC(CC#N)NS(=O)(=O)c1ccc(Cl)c(F)c1Cl. The zero-order valence-corrected chi connectivity index (χ0v) is 12.3. The largest absolute Gasteiger partial charge is 0.242 e. The number of halogens is 3. The highest BCUT2D eigenvalue weighted by molar-refractivity contribution is 7.89. The van der Waals surface area contributed by atoms with Crippen LogP contribution in [-0.4, -0.2) is 14.5 Å². The molecule has 0 saturated carbocycles. The number of rotatable bonds is 5. The van der Waals surface area contributed by atoms with Crippen molar-refractivity contribution in [2.24, 2.45) is 0 Å². The third-order valence-corrected chi connectivity index (χ3v) is 4.78. The van der Waals surface area contributed by atoms with Crippen LogP contribution in [0, 0.1) is 17.1 Å². The molecule has 8 heteroatoms. The number of hydrogen-bond donors (Lipinski definition) is 1. The Morgan fingerprint density at radius 2 is 2.11 bits per heavy atom. The Kier molecular flexibility index (Phi) is 5.56. The highest BCUT2D eigenvalue weighted by atomic mass is 35.5. The maximum atomic E-state index is 13.5. The summed E-state index contributed by atoms with van der Waals surface area (Å²) in [5, 5.41) is 7.76. The second kappa shape index (κ2) is 6.53. The van der Waals surface area contributed by atoms with Crippen LogP contribution in [0.1, 0.15) is 19.8 Å². The second-order valence-electron chi connectivity index (χ2n) is 3.76. The fourth-order valence-electron chi connectivity index (χ4n) is 1.38. The normalized spacial score (nSPS) is 13.0. The van der Waals surface area contributed by atoms with Crippen LogP contribution in [0.15, 0.2) is 17.0 Å². The van der Waals surface area contributed by atoms with Gasteiger partial charge in [0.1, 0.15) is 4.90 Å². The number of hydrogen-bond acceptors (Lipinski definition) is 3. The number of nitrogens with one attached hydrogen (secondary N) is 1. The summed E-state index contributed by atoms with van der Waals surface area (Å²) < 4.78 is 39.9. The van der Waals surface area contributed by atoms with E-state index in [1.54, 1.807) is 6.92 Å². The summed E-state index contributed by atoms with van der Waals surface area (Å²) in [6.07, 6.45) is 0.448. The van der Waals surface area contributed by atoms with Crippen LogP contribution in [0.2, 0.25) is 10.0 Å². The number of nitriles is 1. The Morgan fingerprint density at radius 1 is 1.47 bits per heavy atom. The number of benzene rings is 1. The first kappa shape index (κ1) is 16.2. The van der Waals surface area contributed by atoms with Gasteiger partial charge in [0, 0.05) is 6.04 Å². The lowest BCUT2D eigenvalue weighted by atomic mass is 10.2. The van der Waals surface area contributed by atoms with E-state index in [2.05, 4.69) is 4.72 Å². The van der Waals surface area contributed by atoms with Crippen molar-refractivity contribution in [1.29, 1.82) is 5.26 Å². The molecule has 104 valence electrons. The Morgan fingerprint density at radius 3 is 2.63 bits per heavy atom. The first-order valence-corrected chi connectivity index (χ1v) is 7.60. The van der Waals surface area contributed by atoms with E-state index in [4.69, 9.17) is 28.5 Å². The highest BCUT2D eigenvalue weighted by Gasteiger charge is 2.24. The summed E-state index contributed by atoms with van der Waals surface area (Å²) in [6.45, 7) is 1.73. The molecule has 19 heavy (non-hydrogen) atoms. The summed E-state index contributed by atoms with van der Waals surface area (Å²) in [5.74, 6) is -0.987. The molecule has 0 amide bonds. The quantitative estimate of drug-likeness (QED) is 0.846. The van der Waals surface area contributed by atoms with Gasteiger partial charge < -0.3 is 0 Å². The van der Waals surface area contributed by atoms with Crippen molar-refractivity contribution in [3.8, 4) is 6.07 Å². The first-order valence-electron chi connectivity index (χ1n) is 5.36. The molecule has 0 heterocycles. The van der Waals surface area contributed by atoms with Crippen molar-refractivity contribution < 1.29 is 12.8 Å². The molecule has 1 atom stereocenters. The van der Waals surface area contributed by atoms with E-state index in [-0.39, 0.29) is 11.4 Å². The summed E-state index contributed by atoms with van der Waals surface area (Å²) >= 11 is 11.1. The Bertz CT molecular complexity index is 614. The number of sulfonamides is 1. The zero-order valence-electron chi connectivity index (χ0n) is 9.95. The van der Waals surface area contributed by atoms with Crippen molar-refractivity contribution in [2.45, 2.75) is 30.7 Å². The molecule has 1 N–H and O–H groups in total. The Hall–Kier alpha value is -0.870. The van der Waals surface area contributed by atoms with E-state index in [0.29, 0.717) is 6.42 Å². The predicted molar refractivity (Wildman–Crippen MR) is 71.1 cm³/mol. The van der Waals surface area contributed by atoms with Gasteiger partial charge in [-0.3, -0.25) is 0 Å². The van der Waals surface area contributed by atoms with Gasteiger partial charge in [0.15, 0.2) is 5.82 Å². The number of nitrogens with zero attached hydrogens (tertiary/aromatic N) is 1. The van der Waals surface area contributed by atoms with Crippen molar-refractivity contribution >= 4 is 33.2 Å². The van der Waals surface area contributed by atoms with E-state index >= 15 is 0 Å². The average Bonchev–Trinajstić information content (AvgIpc) is 2.34. The molecule has 1 aromatic rings. The molecule has 0 radical (unpaired) electrons. The molecule has 0 aromatic heterocycles. The topological polar surface area (TPSA) is 70.0 Å². The van der Waals surface area contributed by atoms with Crippen molar-refractivity contribution in [3.63, 3.8) is 0 Å². The molecule has 0 saturated heterocycles. The molecule has 0 aliphatic heterocycles. The van der Waals surface area contributed by atoms with Gasteiger partial charge in [-0.2, -0.15) is 5.26 Å².